The summed E-state index contributed by atoms with van der Waals surface area (Å²) >= 11 is 0. The summed E-state index contributed by atoms with van der Waals surface area (Å²) in [5.41, 5.74) is 1.25. The Labute approximate surface area is 151 Å². The minimum Gasteiger partial charge on any atom is -0.371 e. The molecule has 4 nitrogen and oxygen atoms in total. The van der Waals surface area contributed by atoms with Crippen molar-refractivity contribution in [1.29, 1.82) is 0 Å². The van der Waals surface area contributed by atoms with E-state index >= 15 is 0 Å². The summed E-state index contributed by atoms with van der Waals surface area (Å²) < 4.78 is 5.56. The molecule has 134 valence electrons. The Hall–Kier alpha value is -1.10. The molecule has 1 amide bonds. The third-order valence-corrected chi connectivity index (χ3v) is 4.84. The Morgan fingerprint density at radius 3 is 2.50 bits per heavy atom. The average molecular weight is 353 g/mol. The fourth-order valence-corrected chi connectivity index (χ4v) is 3.07. The molecule has 1 aromatic rings. The normalized spacial score (nSPS) is 18.2. The third-order valence-electron chi connectivity index (χ3n) is 4.84. The number of nitrogens with one attached hydrogen (secondary N) is 1. The van der Waals surface area contributed by atoms with Gasteiger partial charge in [-0.05, 0) is 50.1 Å². The Balaban J connectivity index is 0.00000208. The van der Waals surface area contributed by atoms with Crippen molar-refractivity contribution in [2.24, 2.45) is 5.92 Å². The molecule has 5 heteroatoms. The molecule has 1 heterocycles. The van der Waals surface area contributed by atoms with Crippen molar-refractivity contribution in [2.75, 3.05) is 32.8 Å². The summed E-state index contributed by atoms with van der Waals surface area (Å²) in [5, 5.41) is 3.64. The molecule has 1 aliphatic heterocycles. The first-order valence-electron chi connectivity index (χ1n) is 8.94. The Morgan fingerprint density at radius 1 is 1.12 bits per heavy atom. The third kappa shape index (κ3) is 6.42. The standard InChI is InChI=1S/C19H28N2O2.ClH/c22-19(15-23-13-10-16-4-2-1-3-5-16)21-11-8-18(9-12-21)20-14-17-6-7-17;/h1-5,17-18,20H,6-15H2;1H. The number of hydrogen-bond acceptors (Lipinski definition) is 3. The molecule has 1 N–H and O–H groups in total. The quantitative estimate of drug-likeness (QED) is 0.731. The molecule has 2 aliphatic rings. The van der Waals surface area contributed by atoms with E-state index in [2.05, 4.69) is 17.4 Å². The van der Waals surface area contributed by atoms with Gasteiger partial charge >= 0.3 is 0 Å². The van der Waals surface area contributed by atoms with Crippen LogP contribution >= 0.6 is 12.4 Å². The summed E-state index contributed by atoms with van der Waals surface area (Å²) in [6.07, 6.45) is 5.79. The van der Waals surface area contributed by atoms with E-state index in [4.69, 9.17) is 4.74 Å². The predicted molar refractivity (Wildman–Crippen MR) is 98.5 cm³/mol. The van der Waals surface area contributed by atoms with Crippen LogP contribution in [0.3, 0.4) is 0 Å². The van der Waals surface area contributed by atoms with Crippen LogP contribution in [0.15, 0.2) is 30.3 Å². The van der Waals surface area contributed by atoms with Crippen LogP contribution in [0.2, 0.25) is 0 Å². The number of hydrogen-bond donors (Lipinski definition) is 1. The van der Waals surface area contributed by atoms with Gasteiger partial charge in [-0.15, -0.1) is 12.4 Å². The topological polar surface area (TPSA) is 41.6 Å². The lowest BCUT2D eigenvalue weighted by Gasteiger charge is -2.32. The molecule has 1 saturated heterocycles. The van der Waals surface area contributed by atoms with Crippen molar-refractivity contribution in [3.63, 3.8) is 0 Å². The lowest BCUT2D eigenvalue weighted by molar-refractivity contribution is -0.137. The van der Waals surface area contributed by atoms with Crippen molar-refractivity contribution in [3.05, 3.63) is 35.9 Å². The Kier molecular flexibility index (Phi) is 8.03. The molecule has 2 fully saturated rings. The average Bonchev–Trinajstić information content (AvgIpc) is 3.42. The van der Waals surface area contributed by atoms with Crippen LogP contribution in [-0.2, 0) is 16.0 Å². The zero-order valence-corrected chi connectivity index (χ0v) is 15.1. The summed E-state index contributed by atoms with van der Waals surface area (Å²) in [6.45, 7) is 3.72. The van der Waals surface area contributed by atoms with Gasteiger partial charge in [-0.25, -0.2) is 0 Å². The van der Waals surface area contributed by atoms with E-state index < -0.39 is 0 Å². The molecule has 0 atom stereocenters. The smallest absolute Gasteiger partial charge is 0.248 e. The van der Waals surface area contributed by atoms with Gasteiger partial charge in [0.15, 0.2) is 0 Å². The van der Waals surface area contributed by atoms with Crippen molar-refractivity contribution >= 4 is 18.3 Å². The molecule has 24 heavy (non-hydrogen) atoms. The van der Waals surface area contributed by atoms with Crippen molar-refractivity contribution in [2.45, 2.75) is 38.1 Å². The maximum atomic E-state index is 12.2. The van der Waals surface area contributed by atoms with Crippen LogP contribution in [0.1, 0.15) is 31.2 Å². The van der Waals surface area contributed by atoms with E-state index in [0.717, 1.165) is 38.3 Å². The van der Waals surface area contributed by atoms with E-state index in [0.29, 0.717) is 12.6 Å². The van der Waals surface area contributed by atoms with Crippen molar-refractivity contribution < 1.29 is 9.53 Å². The number of ether oxygens (including phenoxy) is 1. The van der Waals surface area contributed by atoms with Crippen LogP contribution in [-0.4, -0.2) is 49.7 Å². The van der Waals surface area contributed by atoms with Gasteiger partial charge in [0.25, 0.3) is 0 Å². The second-order valence-electron chi connectivity index (χ2n) is 6.79. The van der Waals surface area contributed by atoms with Gasteiger partial charge in [-0.2, -0.15) is 0 Å². The number of rotatable bonds is 8. The zero-order chi connectivity index (χ0) is 15.9. The summed E-state index contributed by atoms with van der Waals surface area (Å²) in [5.74, 6) is 1.06. The maximum Gasteiger partial charge on any atom is 0.248 e. The van der Waals surface area contributed by atoms with Gasteiger partial charge < -0.3 is 15.0 Å². The fourth-order valence-electron chi connectivity index (χ4n) is 3.07. The molecule has 0 radical (unpaired) electrons. The number of likely N-dealkylation sites (tertiary alicyclic amines) is 1. The van der Waals surface area contributed by atoms with Crippen molar-refractivity contribution in [1.82, 2.24) is 10.2 Å². The van der Waals surface area contributed by atoms with E-state index in [1.807, 2.05) is 23.1 Å². The molecule has 0 aromatic heterocycles. The molecule has 0 unspecified atom stereocenters. The second kappa shape index (κ2) is 10.0. The van der Waals surface area contributed by atoms with Gasteiger partial charge in [0.2, 0.25) is 5.91 Å². The van der Waals surface area contributed by atoms with Gasteiger partial charge in [0.1, 0.15) is 6.61 Å². The number of amides is 1. The monoisotopic (exact) mass is 352 g/mol. The minimum absolute atomic E-state index is 0. The van der Waals surface area contributed by atoms with Crippen LogP contribution in [0.25, 0.3) is 0 Å². The van der Waals surface area contributed by atoms with Gasteiger partial charge in [0, 0.05) is 19.1 Å². The Bertz CT molecular complexity index is 485. The first-order chi connectivity index (χ1) is 11.3. The summed E-state index contributed by atoms with van der Waals surface area (Å²) in [6, 6.07) is 10.8. The highest BCUT2D eigenvalue weighted by Gasteiger charge is 2.25. The SMILES string of the molecule is Cl.O=C(COCCc1ccccc1)N1CCC(NCC2CC2)CC1. The molecular weight excluding hydrogens is 324 g/mol. The predicted octanol–water partition coefficient (Wildman–Crippen LogP) is 2.66. The minimum atomic E-state index is 0. The number of benzene rings is 1. The lowest BCUT2D eigenvalue weighted by Crippen LogP contribution is -2.46. The number of carbonyl (C=O) groups is 1. The largest absolute Gasteiger partial charge is 0.371 e. The highest BCUT2D eigenvalue weighted by molar-refractivity contribution is 5.85. The molecule has 0 spiro atoms. The van der Waals surface area contributed by atoms with Crippen LogP contribution < -0.4 is 5.32 Å². The van der Waals surface area contributed by atoms with Gasteiger partial charge in [0.05, 0.1) is 6.61 Å². The van der Waals surface area contributed by atoms with E-state index in [-0.39, 0.29) is 24.9 Å². The Morgan fingerprint density at radius 2 is 1.83 bits per heavy atom. The number of nitrogens with zero attached hydrogens (tertiary/aromatic N) is 1. The summed E-state index contributed by atoms with van der Waals surface area (Å²) in [4.78, 5) is 14.1. The molecule has 0 bridgehead atoms. The molecule has 1 aromatic carbocycles. The number of piperidine rings is 1. The maximum absolute atomic E-state index is 12.2. The molecule has 3 rings (SSSR count). The first-order valence-corrected chi connectivity index (χ1v) is 8.94. The second-order valence-corrected chi connectivity index (χ2v) is 6.79. The molecule has 1 saturated carbocycles. The number of halogens is 1. The van der Waals surface area contributed by atoms with Crippen LogP contribution in [0.5, 0.6) is 0 Å². The van der Waals surface area contributed by atoms with Gasteiger partial charge in [-0.3, -0.25) is 4.79 Å². The fraction of sp³-hybridized carbons (Fsp3) is 0.632. The van der Waals surface area contributed by atoms with Crippen LogP contribution in [0, 0.1) is 5.92 Å². The molecular formula is C19H29ClN2O2. The summed E-state index contributed by atoms with van der Waals surface area (Å²) in [7, 11) is 0. The van der Waals surface area contributed by atoms with Crippen molar-refractivity contribution in [3.8, 4) is 0 Å². The highest BCUT2D eigenvalue weighted by Crippen LogP contribution is 2.28. The zero-order valence-electron chi connectivity index (χ0n) is 14.3. The first kappa shape index (κ1) is 19.2. The van der Waals surface area contributed by atoms with E-state index in [9.17, 15) is 4.79 Å². The van der Waals surface area contributed by atoms with E-state index in [1.165, 1.54) is 24.9 Å². The van der Waals surface area contributed by atoms with E-state index in [1.54, 1.807) is 0 Å². The highest BCUT2D eigenvalue weighted by atomic mass is 35.5. The number of carbonyl (C=O) groups excluding carboxylic acids is 1. The van der Waals surface area contributed by atoms with Crippen LogP contribution in [0.4, 0.5) is 0 Å². The van der Waals surface area contributed by atoms with Gasteiger partial charge in [-0.1, -0.05) is 30.3 Å². The lowest BCUT2D eigenvalue weighted by atomic mass is 10.0. The molecule has 1 aliphatic carbocycles.